The molecule has 0 heterocycles. The zero-order chi connectivity index (χ0) is 17.8. The van der Waals surface area contributed by atoms with Gasteiger partial charge in [0.05, 0.1) is 15.6 Å². The van der Waals surface area contributed by atoms with Gasteiger partial charge in [0.15, 0.2) is 6.10 Å². The average molecular weight is 361 g/mol. The van der Waals surface area contributed by atoms with E-state index < -0.39 is 29.6 Å². The van der Waals surface area contributed by atoms with E-state index in [0.29, 0.717) is 5.02 Å². The first-order valence-electron chi connectivity index (χ1n) is 6.78. The van der Waals surface area contributed by atoms with E-state index in [1.807, 2.05) is 0 Å². The van der Waals surface area contributed by atoms with Crippen LogP contribution in [0.1, 0.15) is 38.1 Å². The lowest BCUT2D eigenvalue weighted by molar-refractivity contribution is -0.127. The van der Waals surface area contributed by atoms with Crippen molar-refractivity contribution in [1.82, 2.24) is 10.6 Å². The van der Waals surface area contributed by atoms with E-state index in [1.54, 1.807) is 20.8 Å². The maximum absolute atomic E-state index is 11.9. The van der Waals surface area contributed by atoms with E-state index in [9.17, 15) is 14.4 Å². The first kappa shape index (κ1) is 19.3. The molecule has 126 valence electrons. The standard InChI is InChI=1S/C15H18Cl2N2O4/c1-8(12(20)18-14(22)19-15(2,3)4)23-13(21)9-5-6-10(16)11(17)7-9/h5-8H,1-4H3,(H2,18,19,20,22)/t8-/m1/s1. The molecule has 0 aromatic heterocycles. The van der Waals surface area contributed by atoms with Crippen LogP contribution in [0.4, 0.5) is 4.79 Å². The molecular formula is C15H18Cl2N2O4. The third-order valence-electron chi connectivity index (χ3n) is 2.53. The summed E-state index contributed by atoms with van der Waals surface area (Å²) in [5.74, 6) is -1.48. The van der Waals surface area contributed by atoms with Gasteiger partial charge >= 0.3 is 12.0 Å². The van der Waals surface area contributed by atoms with Crippen molar-refractivity contribution in [2.24, 2.45) is 0 Å². The zero-order valence-corrected chi connectivity index (χ0v) is 14.7. The van der Waals surface area contributed by atoms with Crippen LogP contribution < -0.4 is 10.6 Å². The summed E-state index contributed by atoms with van der Waals surface area (Å²) in [7, 11) is 0. The maximum atomic E-state index is 11.9. The number of carbonyl (C=O) groups is 3. The van der Waals surface area contributed by atoms with E-state index in [2.05, 4.69) is 10.6 Å². The van der Waals surface area contributed by atoms with Crippen LogP contribution in [0, 0.1) is 0 Å². The van der Waals surface area contributed by atoms with E-state index >= 15 is 0 Å². The monoisotopic (exact) mass is 360 g/mol. The molecule has 0 bridgehead atoms. The molecule has 0 saturated carbocycles. The van der Waals surface area contributed by atoms with Gasteiger partial charge in [0, 0.05) is 5.54 Å². The second kappa shape index (κ2) is 7.66. The number of imide groups is 1. The molecule has 0 aliphatic rings. The van der Waals surface area contributed by atoms with Gasteiger partial charge in [-0.15, -0.1) is 0 Å². The van der Waals surface area contributed by atoms with Crippen LogP contribution in [0.2, 0.25) is 10.0 Å². The Bertz CT molecular complexity index is 626. The highest BCUT2D eigenvalue weighted by atomic mass is 35.5. The van der Waals surface area contributed by atoms with E-state index in [4.69, 9.17) is 27.9 Å². The van der Waals surface area contributed by atoms with Crippen molar-refractivity contribution in [3.05, 3.63) is 33.8 Å². The number of hydrogen-bond donors (Lipinski definition) is 2. The molecule has 1 rings (SSSR count). The van der Waals surface area contributed by atoms with Gasteiger partial charge in [0.2, 0.25) is 0 Å². The molecular weight excluding hydrogens is 343 g/mol. The fourth-order valence-corrected chi connectivity index (χ4v) is 1.79. The molecule has 0 aliphatic carbocycles. The lowest BCUT2D eigenvalue weighted by Gasteiger charge is -2.21. The third kappa shape index (κ3) is 6.46. The highest BCUT2D eigenvalue weighted by molar-refractivity contribution is 6.42. The molecule has 8 heteroatoms. The number of esters is 1. The van der Waals surface area contributed by atoms with E-state index in [1.165, 1.54) is 25.1 Å². The quantitative estimate of drug-likeness (QED) is 0.810. The molecule has 0 fully saturated rings. The van der Waals surface area contributed by atoms with Gasteiger partial charge in [0.1, 0.15) is 0 Å². The molecule has 1 atom stereocenters. The highest BCUT2D eigenvalue weighted by Gasteiger charge is 2.22. The van der Waals surface area contributed by atoms with Crippen molar-refractivity contribution in [3.8, 4) is 0 Å². The summed E-state index contributed by atoms with van der Waals surface area (Å²) in [6.45, 7) is 6.66. The summed E-state index contributed by atoms with van der Waals surface area (Å²) in [5.41, 5.74) is -0.345. The SMILES string of the molecule is C[C@@H](OC(=O)c1ccc(Cl)c(Cl)c1)C(=O)NC(=O)NC(C)(C)C. The van der Waals surface area contributed by atoms with Gasteiger partial charge in [-0.2, -0.15) is 0 Å². The lowest BCUT2D eigenvalue weighted by atomic mass is 10.1. The van der Waals surface area contributed by atoms with Crippen LogP contribution in [0.25, 0.3) is 0 Å². The predicted octanol–water partition coefficient (Wildman–Crippen LogP) is 3.16. The first-order chi connectivity index (χ1) is 10.5. The highest BCUT2D eigenvalue weighted by Crippen LogP contribution is 2.23. The van der Waals surface area contributed by atoms with Crippen molar-refractivity contribution >= 4 is 41.1 Å². The van der Waals surface area contributed by atoms with Crippen molar-refractivity contribution in [2.45, 2.75) is 39.3 Å². The summed E-state index contributed by atoms with van der Waals surface area (Å²) in [6, 6.07) is 3.54. The van der Waals surface area contributed by atoms with Crippen LogP contribution in [-0.2, 0) is 9.53 Å². The summed E-state index contributed by atoms with van der Waals surface area (Å²) >= 11 is 11.6. The van der Waals surface area contributed by atoms with Crippen molar-refractivity contribution < 1.29 is 19.1 Å². The van der Waals surface area contributed by atoms with E-state index in [-0.39, 0.29) is 10.6 Å². The minimum Gasteiger partial charge on any atom is -0.449 e. The Kier molecular flexibility index (Phi) is 6.41. The molecule has 0 aliphatic heterocycles. The van der Waals surface area contributed by atoms with Crippen LogP contribution >= 0.6 is 23.2 Å². The zero-order valence-electron chi connectivity index (χ0n) is 13.2. The fourth-order valence-electron chi connectivity index (χ4n) is 1.49. The molecule has 6 nitrogen and oxygen atoms in total. The van der Waals surface area contributed by atoms with Gasteiger partial charge < -0.3 is 10.1 Å². The Balaban J connectivity index is 2.62. The van der Waals surface area contributed by atoms with Crippen molar-refractivity contribution in [3.63, 3.8) is 0 Å². The van der Waals surface area contributed by atoms with Crippen molar-refractivity contribution in [2.75, 3.05) is 0 Å². The minimum atomic E-state index is -1.15. The van der Waals surface area contributed by atoms with Crippen LogP contribution in [-0.4, -0.2) is 29.6 Å². The second-order valence-corrected chi connectivity index (χ2v) is 6.68. The summed E-state index contributed by atoms with van der Waals surface area (Å²) in [5, 5.41) is 5.16. The second-order valence-electron chi connectivity index (χ2n) is 5.87. The fraction of sp³-hybridized carbons (Fsp3) is 0.400. The number of halogens is 2. The van der Waals surface area contributed by atoms with Crippen LogP contribution in [0.3, 0.4) is 0 Å². The molecule has 0 radical (unpaired) electrons. The number of rotatable bonds is 3. The van der Waals surface area contributed by atoms with Gasteiger partial charge in [-0.1, -0.05) is 23.2 Å². The van der Waals surface area contributed by atoms with Crippen LogP contribution in [0.15, 0.2) is 18.2 Å². The molecule has 1 aromatic carbocycles. The van der Waals surface area contributed by atoms with Crippen molar-refractivity contribution in [1.29, 1.82) is 0 Å². The molecule has 2 N–H and O–H groups in total. The number of hydrogen-bond acceptors (Lipinski definition) is 4. The number of nitrogens with one attached hydrogen (secondary N) is 2. The number of urea groups is 1. The number of carbonyl (C=O) groups excluding carboxylic acids is 3. The Hall–Kier alpha value is -1.79. The molecule has 23 heavy (non-hydrogen) atoms. The Morgan fingerprint density at radius 2 is 1.74 bits per heavy atom. The van der Waals surface area contributed by atoms with Crippen LogP contribution in [0.5, 0.6) is 0 Å². The topological polar surface area (TPSA) is 84.5 Å². The number of benzene rings is 1. The Morgan fingerprint density at radius 1 is 1.13 bits per heavy atom. The Morgan fingerprint density at radius 3 is 2.26 bits per heavy atom. The normalized spacial score (nSPS) is 12.3. The molecule has 0 saturated heterocycles. The first-order valence-corrected chi connectivity index (χ1v) is 7.54. The smallest absolute Gasteiger partial charge is 0.338 e. The number of ether oxygens (including phenoxy) is 1. The minimum absolute atomic E-state index is 0.151. The summed E-state index contributed by atoms with van der Waals surface area (Å²) < 4.78 is 4.99. The van der Waals surface area contributed by atoms with Gasteiger partial charge in [-0.05, 0) is 45.9 Å². The molecule has 3 amide bonds. The Labute approximate surface area is 144 Å². The van der Waals surface area contributed by atoms with E-state index in [0.717, 1.165) is 0 Å². The summed E-state index contributed by atoms with van der Waals surface area (Å²) in [6.07, 6.45) is -1.15. The average Bonchev–Trinajstić information content (AvgIpc) is 2.39. The molecule has 1 aromatic rings. The number of amides is 3. The van der Waals surface area contributed by atoms with Gasteiger partial charge in [-0.3, -0.25) is 10.1 Å². The third-order valence-corrected chi connectivity index (χ3v) is 3.27. The predicted molar refractivity (Wildman–Crippen MR) is 87.8 cm³/mol. The maximum Gasteiger partial charge on any atom is 0.338 e. The molecule has 0 spiro atoms. The summed E-state index contributed by atoms with van der Waals surface area (Å²) in [4.78, 5) is 35.4. The molecule has 0 unspecified atom stereocenters. The largest absolute Gasteiger partial charge is 0.449 e. The van der Waals surface area contributed by atoms with Gasteiger partial charge in [0.25, 0.3) is 5.91 Å². The lowest BCUT2D eigenvalue weighted by Crippen LogP contribution is -2.50. The van der Waals surface area contributed by atoms with Gasteiger partial charge in [-0.25, -0.2) is 9.59 Å².